The standard InChI is InChI=1S/C40H65N5O14/c1-42-23-56-34-38(58-31(21-48)33(49)40(34,53)54)59-37-28(18-24-8-3-2-4-9-24)27(30(22-55-37)36(52)57-26-10-5-6-11-26)13-12-25-19-45(15-17-47)20-29(35(50)51)32(25)44-39(41)43-14-7-16-46/h12-13,18,22,25-29,31-34,37-38,42,46-49,53-54H,2-11,14-17,19-21,23H2,1H3,(H,50,51)(H3,41,43,44)/p+1. The van der Waals surface area contributed by atoms with Crippen molar-refractivity contribution in [3.63, 3.8) is 0 Å². The Labute approximate surface area is 344 Å². The number of piperidine rings is 1. The van der Waals surface area contributed by atoms with Crippen LogP contribution in [0.5, 0.6) is 0 Å². The van der Waals surface area contributed by atoms with Gasteiger partial charge >= 0.3 is 5.97 Å². The van der Waals surface area contributed by atoms with E-state index in [1.807, 2.05) is 18.2 Å². The maximum Gasteiger partial charge on any atom is 0.338 e. The van der Waals surface area contributed by atoms with E-state index >= 15 is 0 Å². The van der Waals surface area contributed by atoms with E-state index in [2.05, 4.69) is 10.3 Å². The molecule has 5 aliphatic rings. The number of ether oxygens (including phenoxy) is 5. The number of quaternary nitrogens is 2. The van der Waals surface area contributed by atoms with Crippen LogP contribution in [0.2, 0.25) is 0 Å². The number of allylic oxidation sites excluding steroid dienone is 2. The Bertz CT molecular complexity index is 1480. The lowest BCUT2D eigenvalue weighted by atomic mass is 9.78. The minimum absolute atomic E-state index is 0.000976. The van der Waals surface area contributed by atoms with Crippen molar-refractivity contribution in [2.45, 2.75) is 113 Å². The van der Waals surface area contributed by atoms with Gasteiger partial charge in [-0.05, 0) is 57.8 Å². The quantitative estimate of drug-likeness (QED) is 0.0155. The van der Waals surface area contributed by atoms with Gasteiger partial charge in [0.2, 0.25) is 12.1 Å². The molecule has 0 aromatic heterocycles. The van der Waals surface area contributed by atoms with Crippen LogP contribution < -0.4 is 26.4 Å². The van der Waals surface area contributed by atoms with Gasteiger partial charge in [0.05, 0.1) is 69.0 Å². The van der Waals surface area contributed by atoms with Crippen molar-refractivity contribution in [3.05, 3.63) is 35.6 Å². The predicted molar refractivity (Wildman–Crippen MR) is 206 cm³/mol. The van der Waals surface area contributed by atoms with Crippen LogP contribution in [0.1, 0.15) is 64.2 Å². The molecular formula is C40H66N5O14+. The number of carbonyl (C=O) groups is 2. The highest BCUT2D eigenvalue weighted by Crippen LogP contribution is 2.40. The SMILES string of the molecule is C[NH2+]COC1C(OC2OC=C(C(=O)OC3CCCC3)C(C=CC3C[NH+](CCO)CC(C(=O)[O-])C3NC(N)=NCCCO)C2C=C2CCCCC2)OC(CO)C(O)C1(O)O. The molecule has 19 heteroatoms. The smallest absolute Gasteiger partial charge is 0.338 e. The van der Waals surface area contributed by atoms with Gasteiger partial charge in [-0.1, -0.05) is 30.2 Å². The first kappa shape index (κ1) is 46.8. The summed E-state index contributed by atoms with van der Waals surface area (Å²) >= 11 is 0. The Morgan fingerprint density at radius 2 is 1.83 bits per heavy atom. The number of nitrogens with one attached hydrogen (secondary N) is 2. The number of likely N-dealkylation sites (tertiary alicyclic amines) is 1. The summed E-state index contributed by atoms with van der Waals surface area (Å²) in [6, 6.07) is -0.801. The highest BCUT2D eigenvalue weighted by Gasteiger charge is 2.58. The minimum atomic E-state index is -2.90. The molecule has 3 heterocycles. The number of nitrogens with zero attached hydrogens (tertiary/aromatic N) is 1. The Morgan fingerprint density at radius 3 is 2.49 bits per heavy atom. The Hall–Kier alpha value is -3.21. The Kier molecular flexibility index (Phi) is 17.9. The molecule has 59 heavy (non-hydrogen) atoms. The van der Waals surface area contributed by atoms with Crippen LogP contribution in [0.25, 0.3) is 0 Å². The molecule has 4 fully saturated rings. The molecule has 19 nitrogen and oxygen atoms in total. The number of carboxylic acid groups (broad SMARTS) is 1. The molecule has 3 aliphatic heterocycles. The number of hydrogen-bond donors (Lipinski definition) is 10. The molecule has 11 atom stereocenters. The third-order valence-electron chi connectivity index (χ3n) is 12.0. The molecule has 2 aliphatic carbocycles. The van der Waals surface area contributed by atoms with E-state index in [0.29, 0.717) is 13.0 Å². The average molecular weight is 841 g/mol. The number of guanidine groups is 1. The van der Waals surface area contributed by atoms with Gasteiger partial charge in [-0.2, -0.15) is 0 Å². The Morgan fingerprint density at radius 1 is 1.08 bits per heavy atom. The van der Waals surface area contributed by atoms with Gasteiger partial charge in [0.15, 0.2) is 25.1 Å². The maximum absolute atomic E-state index is 14.1. The first-order chi connectivity index (χ1) is 28.4. The number of aliphatic carboxylic acids is 1. The number of aliphatic hydroxyl groups is 6. The van der Waals surface area contributed by atoms with Gasteiger partial charge in [0, 0.05) is 25.0 Å². The topological polar surface area (TPSA) is 296 Å². The zero-order chi connectivity index (χ0) is 42.5. The van der Waals surface area contributed by atoms with Crippen LogP contribution >= 0.6 is 0 Å². The summed E-state index contributed by atoms with van der Waals surface area (Å²) < 4.78 is 30.3. The van der Waals surface area contributed by atoms with Crippen molar-refractivity contribution in [3.8, 4) is 0 Å². The first-order valence-electron chi connectivity index (χ1n) is 21.1. The number of rotatable bonds is 18. The van der Waals surface area contributed by atoms with E-state index < -0.39 is 84.9 Å². The van der Waals surface area contributed by atoms with E-state index in [9.17, 15) is 45.3 Å². The second kappa shape index (κ2) is 22.6. The van der Waals surface area contributed by atoms with Crippen LogP contribution in [0.4, 0.5) is 0 Å². The molecule has 0 bridgehead atoms. The highest BCUT2D eigenvalue weighted by atomic mass is 16.8. The summed E-state index contributed by atoms with van der Waals surface area (Å²) in [5, 5.41) is 79.4. The van der Waals surface area contributed by atoms with Crippen molar-refractivity contribution < 1.29 is 79.2 Å². The maximum atomic E-state index is 14.1. The van der Waals surface area contributed by atoms with Gasteiger partial charge in [-0.15, -0.1) is 0 Å². The fourth-order valence-corrected chi connectivity index (χ4v) is 8.83. The average Bonchev–Trinajstić information content (AvgIpc) is 3.73. The number of esters is 1. The zero-order valence-corrected chi connectivity index (χ0v) is 33.9. The van der Waals surface area contributed by atoms with Gasteiger partial charge in [0.1, 0.15) is 24.9 Å². The number of nitrogens with two attached hydrogens (primary N) is 2. The molecule has 12 N–H and O–H groups in total. The highest BCUT2D eigenvalue weighted by molar-refractivity contribution is 5.89. The molecule has 0 amide bonds. The normalized spacial score (nSPS) is 34.3. The number of aliphatic hydroxyl groups excluding tert-OH is 4. The minimum Gasteiger partial charge on any atom is -0.550 e. The monoisotopic (exact) mass is 840 g/mol. The summed E-state index contributed by atoms with van der Waals surface area (Å²) in [5.74, 6) is -7.94. The van der Waals surface area contributed by atoms with Crippen LogP contribution in [-0.2, 0) is 33.3 Å². The molecule has 334 valence electrons. The molecule has 5 rings (SSSR count). The van der Waals surface area contributed by atoms with Gasteiger partial charge in [0.25, 0.3) is 0 Å². The summed E-state index contributed by atoms with van der Waals surface area (Å²) in [7, 11) is 1.69. The third-order valence-corrected chi connectivity index (χ3v) is 12.0. The van der Waals surface area contributed by atoms with Crippen molar-refractivity contribution >= 4 is 17.9 Å². The summed E-state index contributed by atoms with van der Waals surface area (Å²) in [5.41, 5.74) is 7.52. The van der Waals surface area contributed by atoms with E-state index in [0.717, 1.165) is 68.3 Å². The number of aliphatic imine (C=N–C) groups is 1. The summed E-state index contributed by atoms with van der Waals surface area (Å²) in [6.45, 7) is -0.0777. The van der Waals surface area contributed by atoms with Crippen LogP contribution in [-0.4, -0.2) is 157 Å². The van der Waals surface area contributed by atoms with Crippen LogP contribution in [0.3, 0.4) is 0 Å². The molecular weight excluding hydrogens is 774 g/mol. The summed E-state index contributed by atoms with van der Waals surface area (Å²) in [6.07, 6.45) is 6.95. The molecule has 0 aromatic carbocycles. The van der Waals surface area contributed by atoms with E-state index in [1.54, 1.807) is 12.4 Å². The van der Waals surface area contributed by atoms with Crippen molar-refractivity contribution in [2.24, 2.45) is 34.4 Å². The van der Waals surface area contributed by atoms with Crippen molar-refractivity contribution in [1.29, 1.82) is 0 Å². The second-order valence-corrected chi connectivity index (χ2v) is 16.3. The fourth-order valence-electron chi connectivity index (χ4n) is 8.83. The predicted octanol–water partition coefficient (Wildman–Crippen LogP) is -4.77. The molecule has 0 radical (unpaired) electrons. The Balaban J connectivity index is 1.57. The third kappa shape index (κ3) is 12.2. The lowest BCUT2D eigenvalue weighted by Gasteiger charge is -2.47. The second-order valence-electron chi connectivity index (χ2n) is 16.3. The number of carbonyl (C=O) groups excluding carboxylic acids is 2. The van der Waals surface area contributed by atoms with Crippen LogP contribution in [0.15, 0.2) is 40.6 Å². The number of hydrogen-bond acceptors (Lipinski definition) is 15. The van der Waals surface area contributed by atoms with Gasteiger partial charge in [-0.25, -0.2) is 4.79 Å². The fraction of sp³-hybridized carbons (Fsp3) is 0.775. The lowest BCUT2D eigenvalue weighted by Crippen LogP contribution is -3.16. The van der Waals surface area contributed by atoms with Crippen molar-refractivity contribution in [2.75, 3.05) is 59.8 Å². The number of carboxylic acids is 1. The zero-order valence-electron chi connectivity index (χ0n) is 33.9. The van der Waals surface area contributed by atoms with Gasteiger partial charge in [-0.3, -0.25) is 4.99 Å². The first-order valence-corrected chi connectivity index (χ1v) is 21.1. The summed E-state index contributed by atoms with van der Waals surface area (Å²) in [4.78, 5) is 31.9. The molecule has 11 unspecified atom stereocenters. The molecule has 0 aromatic rings. The van der Waals surface area contributed by atoms with Crippen LogP contribution in [0, 0.1) is 23.7 Å². The largest absolute Gasteiger partial charge is 0.550 e. The van der Waals surface area contributed by atoms with Crippen molar-refractivity contribution in [1.82, 2.24) is 5.32 Å². The van der Waals surface area contributed by atoms with E-state index in [1.165, 1.54) is 6.26 Å². The van der Waals surface area contributed by atoms with Gasteiger partial charge < -0.3 is 85.5 Å². The molecule has 0 spiro atoms. The molecule has 2 saturated heterocycles. The molecule has 2 saturated carbocycles. The van der Waals surface area contributed by atoms with E-state index in [-0.39, 0.29) is 57.2 Å². The van der Waals surface area contributed by atoms with E-state index in [4.69, 9.17) is 29.4 Å². The lowest BCUT2D eigenvalue weighted by molar-refractivity contribution is -0.911.